The van der Waals surface area contributed by atoms with Gasteiger partial charge in [0.1, 0.15) is 11.5 Å². The van der Waals surface area contributed by atoms with E-state index in [0.717, 1.165) is 26.1 Å². The minimum atomic E-state index is -0.0521. The molecule has 2 heterocycles. The second kappa shape index (κ2) is 4.75. The maximum absolute atomic E-state index is 12.0. The number of nitrogens with two attached hydrogens (primary N) is 1. The molecule has 6 nitrogen and oxygen atoms in total. The summed E-state index contributed by atoms with van der Waals surface area (Å²) in [5.74, 6) is 0.861. The lowest BCUT2D eigenvalue weighted by atomic mass is 10.1. The Bertz CT molecular complexity index is 402. The first-order valence-corrected chi connectivity index (χ1v) is 5.81. The first-order valence-electron chi connectivity index (χ1n) is 5.81. The molecule has 0 bridgehead atoms. The van der Waals surface area contributed by atoms with E-state index in [1.54, 1.807) is 11.0 Å². The average Bonchev–Trinajstić information content (AvgIpc) is 2.87. The third kappa shape index (κ3) is 2.76. The van der Waals surface area contributed by atoms with Crippen molar-refractivity contribution in [2.45, 2.75) is 6.42 Å². The molecule has 0 aliphatic carbocycles. The molecule has 6 heteroatoms. The summed E-state index contributed by atoms with van der Waals surface area (Å²) >= 11 is 0. The van der Waals surface area contributed by atoms with Gasteiger partial charge >= 0.3 is 0 Å². The van der Waals surface area contributed by atoms with Crippen molar-refractivity contribution in [3.05, 3.63) is 11.8 Å². The molecule has 0 aromatic carbocycles. The van der Waals surface area contributed by atoms with Crippen molar-refractivity contribution in [1.82, 2.24) is 20.0 Å². The lowest BCUT2D eigenvalue weighted by Crippen LogP contribution is -2.33. The summed E-state index contributed by atoms with van der Waals surface area (Å²) in [7, 11) is 3.93. The molecule has 0 radical (unpaired) electrons. The Hall–Kier alpha value is -1.56. The van der Waals surface area contributed by atoms with Crippen LogP contribution < -0.4 is 5.73 Å². The highest BCUT2D eigenvalue weighted by Gasteiger charge is 2.23. The van der Waals surface area contributed by atoms with Crippen molar-refractivity contribution in [1.29, 1.82) is 0 Å². The van der Waals surface area contributed by atoms with Gasteiger partial charge in [0.25, 0.3) is 5.91 Å². The highest BCUT2D eigenvalue weighted by molar-refractivity contribution is 5.92. The Labute approximate surface area is 101 Å². The van der Waals surface area contributed by atoms with Crippen molar-refractivity contribution >= 4 is 11.7 Å². The van der Waals surface area contributed by atoms with Gasteiger partial charge in [0.05, 0.1) is 0 Å². The fourth-order valence-corrected chi connectivity index (χ4v) is 2.30. The molecule has 1 unspecified atom stereocenters. The van der Waals surface area contributed by atoms with Gasteiger partial charge in [-0.2, -0.15) is 5.10 Å². The Morgan fingerprint density at radius 3 is 3.06 bits per heavy atom. The van der Waals surface area contributed by atoms with Crippen LogP contribution in [0.1, 0.15) is 16.9 Å². The maximum atomic E-state index is 12.0. The fourth-order valence-electron chi connectivity index (χ4n) is 2.30. The molecule has 1 fully saturated rings. The smallest absolute Gasteiger partial charge is 0.271 e. The SMILES string of the molecule is CN1CCC(CN(C)C(=O)c2cc(N)n[nH]2)C1. The van der Waals surface area contributed by atoms with Crippen LogP contribution in [0.2, 0.25) is 0 Å². The van der Waals surface area contributed by atoms with Crippen molar-refractivity contribution in [3.8, 4) is 0 Å². The van der Waals surface area contributed by atoms with E-state index >= 15 is 0 Å². The summed E-state index contributed by atoms with van der Waals surface area (Å²) in [6.45, 7) is 2.95. The standard InChI is InChI=1S/C11H19N5O/c1-15-4-3-8(6-15)7-16(2)11(17)9-5-10(12)14-13-9/h5,8H,3-4,6-7H2,1-2H3,(H3,12,13,14). The van der Waals surface area contributed by atoms with E-state index in [2.05, 4.69) is 22.1 Å². The Morgan fingerprint density at radius 1 is 1.76 bits per heavy atom. The molecule has 1 aliphatic heterocycles. The van der Waals surface area contributed by atoms with Crippen molar-refractivity contribution in [3.63, 3.8) is 0 Å². The van der Waals surface area contributed by atoms with E-state index in [1.807, 2.05) is 7.05 Å². The van der Waals surface area contributed by atoms with Crippen LogP contribution in [-0.2, 0) is 0 Å². The second-order valence-electron chi connectivity index (χ2n) is 4.81. The van der Waals surface area contributed by atoms with Gasteiger partial charge in [-0.25, -0.2) is 0 Å². The lowest BCUT2D eigenvalue weighted by molar-refractivity contribution is 0.0768. The molecule has 0 spiro atoms. The van der Waals surface area contributed by atoms with E-state index in [9.17, 15) is 4.79 Å². The number of rotatable bonds is 3. The molecule has 0 saturated carbocycles. The number of H-pyrrole nitrogens is 1. The van der Waals surface area contributed by atoms with Gasteiger partial charge in [-0.15, -0.1) is 0 Å². The monoisotopic (exact) mass is 237 g/mol. The van der Waals surface area contributed by atoms with E-state index in [4.69, 9.17) is 5.73 Å². The Morgan fingerprint density at radius 2 is 2.53 bits per heavy atom. The lowest BCUT2D eigenvalue weighted by Gasteiger charge is -2.20. The quantitative estimate of drug-likeness (QED) is 0.776. The molecule has 17 heavy (non-hydrogen) atoms. The van der Waals surface area contributed by atoms with Gasteiger partial charge in [0.15, 0.2) is 0 Å². The van der Waals surface area contributed by atoms with Crippen LogP contribution in [0.25, 0.3) is 0 Å². The maximum Gasteiger partial charge on any atom is 0.271 e. The molecule has 1 amide bonds. The number of carbonyl (C=O) groups is 1. The number of nitrogens with one attached hydrogen (secondary N) is 1. The van der Waals surface area contributed by atoms with Gasteiger partial charge in [0.2, 0.25) is 0 Å². The van der Waals surface area contributed by atoms with Crippen LogP contribution in [0.4, 0.5) is 5.82 Å². The van der Waals surface area contributed by atoms with Crippen LogP contribution >= 0.6 is 0 Å². The van der Waals surface area contributed by atoms with Gasteiger partial charge in [-0.3, -0.25) is 9.89 Å². The highest BCUT2D eigenvalue weighted by atomic mass is 16.2. The Balaban J connectivity index is 1.91. The number of hydrogen-bond acceptors (Lipinski definition) is 4. The molecular formula is C11H19N5O. The molecule has 1 aliphatic rings. The zero-order chi connectivity index (χ0) is 12.4. The number of likely N-dealkylation sites (tertiary alicyclic amines) is 1. The third-order valence-electron chi connectivity index (χ3n) is 3.20. The first kappa shape index (κ1) is 11.9. The molecule has 2 rings (SSSR count). The van der Waals surface area contributed by atoms with Crippen LogP contribution in [0.15, 0.2) is 6.07 Å². The second-order valence-corrected chi connectivity index (χ2v) is 4.81. The zero-order valence-electron chi connectivity index (χ0n) is 10.3. The summed E-state index contributed by atoms with van der Waals surface area (Å²) in [5, 5.41) is 6.40. The molecule has 1 aromatic rings. The molecule has 1 saturated heterocycles. The summed E-state index contributed by atoms with van der Waals surface area (Å²) in [4.78, 5) is 16.0. The normalized spacial score (nSPS) is 20.7. The molecule has 1 aromatic heterocycles. The molecule has 1 atom stereocenters. The summed E-state index contributed by atoms with van der Waals surface area (Å²) < 4.78 is 0. The number of carbonyl (C=O) groups excluding carboxylic acids is 1. The van der Waals surface area contributed by atoms with E-state index in [-0.39, 0.29) is 5.91 Å². The summed E-state index contributed by atoms with van der Waals surface area (Å²) in [6.07, 6.45) is 1.15. The van der Waals surface area contributed by atoms with Crippen LogP contribution in [0.3, 0.4) is 0 Å². The number of anilines is 1. The molecule has 94 valence electrons. The summed E-state index contributed by atoms with van der Waals surface area (Å²) in [5.41, 5.74) is 5.93. The zero-order valence-corrected chi connectivity index (χ0v) is 10.3. The number of aromatic amines is 1. The Kier molecular flexibility index (Phi) is 3.33. The number of aromatic nitrogens is 2. The minimum absolute atomic E-state index is 0.0521. The van der Waals surface area contributed by atoms with Crippen molar-refractivity contribution in [2.75, 3.05) is 39.5 Å². The van der Waals surface area contributed by atoms with E-state index in [0.29, 0.717) is 17.4 Å². The van der Waals surface area contributed by atoms with Gasteiger partial charge in [-0.05, 0) is 25.9 Å². The minimum Gasteiger partial charge on any atom is -0.382 e. The largest absolute Gasteiger partial charge is 0.382 e. The highest BCUT2D eigenvalue weighted by Crippen LogP contribution is 2.16. The van der Waals surface area contributed by atoms with E-state index < -0.39 is 0 Å². The van der Waals surface area contributed by atoms with Crippen molar-refractivity contribution < 1.29 is 4.79 Å². The number of nitrogen functional groups attached to an aromatic ring is 1. The number of nitrogens with zero attached hydrogens (tertiary/aromatic N) is 3. The third-order valence-corrected chi connectivity index (χ3v) is 3.20. The average molecular weight is 237 g/mol. The van der Waals surface area contributed by atoms with Gasteiger partial charge < -0.3 is 15.5 Å². The predicted molar refractivity (Wildman–Crippen MR) is 65.6 cm³/mol. The fraction of sp³-hybridized carbons (Fsp3) is 0.636. The van der Waals surface area contributed by atoms with Crippen molar-refractivity contribution in [2.24, 2.45) is 5.92 Å². The molecular weight excluding hydrogens is 218 g/mol. The van der Waals surface area contributed by atoms with Crippen LogP contribution in [-0.4, -0.2) is 59.6 Å². The van der Waals surface area contributed by atoms with Crippen LogP contribution in [0, 0.1) is 5.92 Å². The molecule has 3 N–H and O–H groups in total. The van der Waals surface area contributed by atoms with Gasteiger partial charge in [0, 0.05) is 26.2 Å². The van der Waals surface area contributed by atoms with Crippen LogP contribution in [0.5, 0.6) is 0 Å². The topological polar surface area (TPSA) is 78.2 Å². The van der Waals surface area contributed by atoms with E-state index in [1.165, 1.54) is 0 Å². The number of hydrogen-bond donors (Lipinski definition) is 2. The first-order chi connectivity index (χ1) is 8.06. The summed E-state index contributed by atoms with van der Waals surface area (Å²) in [6, 6.07) is 1.57. The number of amides is 1. The van der Waals surface area contributed by atoms with Gasteiger partial charge in [-0.1, -0.05) is 0 Å². The predicted octanol–water partition coefficient (Wildman–Crippen LogP) is 0.0156.